The van der Waals surface area contributed by atoms with Crippen LogP contribution in [-0.2, 0) is 19.3 Å². The van der Waals surface area contributed by atoms with Crippen LogP contribution in [0.5, 0.6) is 0 Å². The molecule has 2 saturated heterocycles. The minimum Gasteiger partial charge on any atom is -0.590 e. The number of alkyl halides is 8. The summed E-state index contributed by atoms with van der Waals surface area (Å²) in [5.74, 6) is 0. The Morgan fingerprint density at radius 2 is 1.54 bits per heavy atom. The summed E-state index contributed by atoms with van der Waals surface area (Å²) in [7, 11) is -5.43. The zero-order valence-electron chi connectivity index (χ0n) is 18.3. The van der Waals surface area contributed by atoms with Gasteiger partial charge in [-0.2, -0.15) is 13.2 Å². The van der Waals surface area contributed by atoms with E-state index in [1.165, 1.54) is 0 Å². The molecule has 3 aliphatic rings. The number of halogens is 8. The number of hydrogen-bond donors (Lipinski definition) is 5. The fraction of sp³-hybridized carbons (Fsp3) is 1.00. The maximum absolute atomic E-state index is 13.7. The zero-order valence-corrected chi connectivity index (χ0v) is 19.9. The quantitative estimate of drug-likeness (QED) is 0.179. The molecule has 7 atom stereocenters. The molecule has 1 aliphatic carbocycles. The topological polar surface area (TPSA) is 113 Å². The van der Waals surface area contributed by atoms with Crippen LogP contribution in [0.25, 0.3) is 0 Å². The third-order valence-corrected chi connectivity index (χ3v) is 8.05. The van der Waals surface area contributed by atoms with Crippen LogP contribution in [-0.4, -0.2) is 82.8 Å². The van der Waals surface area contributed by atoms with E-state index in [2.05, 4.69) is 26.6 Å². The Bertz CT molecular complexity index is 746. The van der Waals surface area contributed by atoms with Crippen LogP contribution in [0, 0.1) is 0 Å². The average Bonchev–Trinajstić information content (AvgIpc) is 2.74. The lowest BCUT2D eigenvalue weighted by Gasteiger charge is -2.43. The van der Waals surface area contributed by atoms with E-state index in [0.29, 0.717) is 17.1 Å². The molecular formula is C17H28ClF7N6O3S. The van der Waals surface area contributed by atoms with Crippen LogP contribution in [0.4, 0.5) is 30.7 Å². The number of nitrogens with zero attached hydrogens (tertiary/aromatic N) is 1. The van der Waals surface area contributed by atoms with Gasteiger partial charge in [-0.15, -0.1) is 29.1 Å². The van der Waals surface area contributed by atoms with Crippen molar-refractivity contribution in [1.29, 1.82) is 0 Å². The largest absolute Gasteiger partial charge is 0.594 e. The van der Waals surface area contributed by atoms with E-state index >= 15 is 0 Å². The Kier molecular flexibility index (Phi) is 9.65. The molecular weight excluding hydrogens is 537 g/mol. The Morgan fingerprint density at radius 3 is 2.06 bits per heavy atom. The summed E-state index contributed by atoms with van der Waals surface area (Å²) in [5, 5.41) is 14.0. The molecule has 35 heavy (non-hydrogen) atoms. The number of sulfonamides is 1. The van der Waals surface area contributed by atoms with Gasteiger partial charge in [-0.3, -0.25) is 26.6 Å². The van der Waals surface area contributed by atoms with Crippen LogP contribution < -0.4 is 26.6 Å². The van der Waals surface area contributed by atoms with E-state index in [4.69, 9.17) is 16.3 Å². The first kappa shape index (κ1) is 29.2. The van der Waals surface area contributed by atoms with Gasteiger partial charge >= 0.3 is 11.7 Å². The molecule has 9 nitrogen and oxygen atoms in total. The smallest absolute Gasteiger partial charge is 0.590 e. The number of hydrogen-bond acceptors (Lipinski definition) is 8. The van der Waals surface area contributed by atoms with Crippen molar-refractivity contribution in [1.82, 2.24) is 30.9 Å². The highest BCUT2D eigenvalue weighted by atomic mass is 35.5. The summed E-state index contributed by atoms with van der Waals surface area (Å²) in [6.07, 6.45) is -7.53. The summed E-state index contributed by atoms with van der Waals surface area (Å²) in [4.78, 5) is 0. The third-order valence-electron chi connectivity index (χ3n) is 5.97. The highest BCUT2D eigenvalue weighted by Crippen LogP contribution is 2.33. The van der Waals surface area contributed by atoms with E-state index in [1.54, 1.807) is 0 Å². The van der Waals surface area contributed by atoms with Gasteiger partial charge in [0.05, 0.1) is 5.38 Å². The first-order chi connectivity index (χ1) is 16.1. The molecule has 1 saturated carbocycles. The molecule has 0 spiro atoms. The molecule has 7 unspecified atom stereocenters. The lowest BCUT2D eigenvalue weighted by molar-refractivity contribution is -0.199. The Morgan fingerprint density at radius 1 is 0.971 bits per heavy atom. The molecule has 0 aromatic carbocycles. The minimum atomic E-state index is -5.43. The van der Waals surface area contributed by atoms with Gasteiger partial charge in [-0.1, -0.05) is 4.21 Å². The fourth-order valence-corrected chi connectivity index (χ4v) is 5.52. The van der Waals surface area contributed by atoms with E-state index in [1.807, 2.05) is 0 Å². The number of ether oxygens (including phenoxy) is 1. The molecule has 3 fully saturated rings. The van der Waals surface area contributed by atoms with Gasteiger partial charge in [-0.05, 0) is 32.1 Å². The summed E-state index contributed by atoms with van der Waals surface area (Å²) in [6, 6.07) is -0.664. The maximum Gasteiger partial charge on any atom is 0.594 e. The van der Waals surface area contributed by atoms with E-state index < -0.39 is 65.2 Å². The Hall–Kier alpha value is -0.370. The molecule has 0 aromatic rings. The molecule has 3 rings (SSSR count). The lowest BCUT2D eigenvalue weighted by atomic mass is 9.93. The van der Waals surface area contributed by atoms with Gasteiger partial charge in [0.25, 0.3) is 0 Å². The van der Waals surface area contributed by atoms with Crippen molar-refractivity contribution in [2.24, 2.45) is 0 Å². The second kappa shape index (κ2) is 11.6. The SMILES string of the molecule is O=[S+]([O-])(N1CCC(NC2NC(NC3CCC(F)C(Cl)C3)NC(OCC(F)(F)F)N2)CC1)C(F)(F)F. The average molecular weight is 565 g/mol. The van der Waals surface area contributed by atoms with Gasteiger partial charge in [0.15, 0.2) is 6.35 Å². The summed E-state index contributed by atoms with van der Waals surface area (Å²) in [5.41, 5.74) is -5.39. The predicted molar refractivity (Wildman–Crippen MR) is 111 cm³/mol. The highest BCUT2D eigenvalue weighted by molar-refractivity contribution is 7.96. The van der Waals surface area contributed by atoms with E-state index in [-0.39, 0.29) is 38.4 Å². The van der Waals surface area contributed by atoms with Crippen LogP contribution in [0.15, 0.2) is 0 Å². The fourth-order valence-electron chi connectivity index (χ4n) is 4.19. The summed E-state index contributed by atoms with van der Waals surface area (Å²) >= 11 is 5.99. The zero-order chi connectivity index (χ0) is 26.0. The Balaban J connectivity index is 1.57. The van der Waals surface area contributed by atoms with Crippen molar-refractivity contribution in [3.05, 3.63) is 0 Å². The summed E-state index contributed by atoms with van der Waals surface area (Å²) in [6.45, 7) is -2.28. The van der Waals surface area contributed by atoms with Crippen molar-refractivity contribution in [2.75, 3.05) is 19.7 Å². The first-order valence-corrected chi connectivity index (χ1v) is 12.8. The Labute approximate surface area is 203 Å². The second-order valence-electron chi connectivity index (χ2n) is 8.67. The van der Waals surface area contributed by atoms with Crippen molar-refractivity contribution >= 4 is 22.0 Å². The van der Waals surface area contributed by atoms with Crippen molar-refractivity contribution < 1.29 is 44.2 Å². The summed E-state index contributed by atoms with van der Waals surface area (Å²) < 4.78 is 118. The van der Waals surface area contributed by atoms with Gasteiger partial charge in [-0.25, -0.2) is 4.39 Å². The third kappa shape index (κ3) is 8.31. The van der Waals surface area contributed by atoms with Crippen molar-refractivity contribution in [2.45, 2.75) is 86.4 Å². The highest BCUT2D eigenvalue weighted by Gasteiger charge is 2.56. The molecule has 2 aliphatic heterocycles. The molecule has 0 radical (unpaired) electrons. The second-order valence-corrected chi connectivity index (χ2v) is 11.2. The van der Waals surface area contributed by atoms with Gasteiger partial charge in [0, 0.05) is 25.2 Å². The molecule has 0 aromatic heterocycles. The molecule has 0 amide bonds. The molecule has 18 heteroatoms. The van der Waals surface area contributed by atoms with Crippen LogP contribution in [0.3, 0.4) is 0 Å². The van der Waals surface area contributed by atoms with Crippen molar-refractivity contribution in [3.8, 4) is 0 Å². The molecule has 0 bridgehead atoms. The number of piperidine rings is 1. The van der Waals surface area contributed by atoms with Crippen LogP contribution in [0.1, 0.15) is 32.1 Å². The van der Waals surface area contributed by atoms with E-state index in [9.17, 15) is 39.5 Å². The molecule has 206 valence electrons. The molecule has 2 heterocycles. The first-order valence-electron chi connectivity index (χ1n) is 11.0. The lowest BCUT2D eigenvalue weighted by Crippen LogP contribution is -2.76. The molecule has 5 N–H and O–H groups in total. The van der Waals surface area contributed by atoms with Gasteiger partial charge in [0.2, 0.25) is 10.4 Å². The van der Waals surface area contributed by atoms with Crippen LogP contribution >= 0.6 is 11.6 Å². The van der Waals surface area contributed by atoms with Gasteiger partial charge < -0.3 is 9.29 Å². The number of rotatable bonds is 7. The minimum absolute atomic E-state index is 0.0449. The maximum atomic E-state index is 13.7. The standard InChI is InChI=1S/C17H28ClF7N6O3S/c18-11-7-10(1-2-12(11)19)27-14-28-13(29-15(30-14)34-8-16(20,21)22)26-9-3-5-31(6-4-9)35(32,33)17(23,24)25/h9-15,26-30H,1-8H2. The van der Waals surface area contributed by atoms with Crippen molar-refractivity contribution in [3.63, 3.8) is 0 Å². The van der Waals surface area contributed by atoms with Gasteiger partial charge in [0.1, 0.15) is 25.4 Å². The normalized spacial score (nSPS) is 36.1. The monoisotopic (exact) mass is 564 g/mol. The van der Waals surface area contributed by atoms with Crippen LogP contribution in [0.2, 0.25) is 0 Å². The van der Waals surface area contributed by atoms with E-state index in [0.717, 1.165) is 0 Å². The number of nitrogens with one attached hydrogen (secondary N) is 5. The predicted octanol–water partition coefficient (Wildman–Crippen LogP) is 1.40.